The summed E-state index contributed by atoms with van der Waals surface area (Å²) in [4.78, 5) is 2.47. The van der Waals surface area contributed by atoms with E-state index in [1.165, 1.54) is 32.4 Å². The van der Waals surface area contributed by atoms with Crippen molar-refractivity contribution in [3.63, 3.8) is 0 Å². The predicted molar refractivity (Wildman–Crippen MR) is 66.5 cm³/mol. The van der Waals surface area contributed by atoms with Gasteiger partial charge in [-0.05, 0) is 51.7 Å². The molecule has 1 spiro atoms. The number of nitrogens with one attached hydrogen (secondary N) is 1. The summed E-state index contributed by atoms with van der Waals surface area (Å²) >= 11 is 0. The second kappa shape index (κ2) is 5.00. The molecule has 2 rings (SSSR count). The number of likely N-dealkylation sites (N-methyl/N-ethyl adjacent to an activating group) is 1. The molecule has 1 saturated heterocycles. The van der Waals surface area contributed by atoms with E-state index in [9.17, 15) is 0 Å². The van der Waals surface area contributed by atoms with Gasteiger partial charge in [-0.3, -0.25) is 0 Å². The Hall–Kier alpha value is 0.170. The monoisotopic (exact) mass is 233 g/mol. The molecule has 0 aromatic carbocycles. The molecule has 1 aliphatic heterocycles. The lowest BCUT2D eigenvalue weighted by Gasteiger charge is -2.27. The van der Waals surface area contributed by atoms with Crippen molar-refractivity contribution < 1.29 is 0 Å². The second-order valence-electron chi connectivity index (χ2n) is 5.25. The van der Waals surface area contributed by atoms with Crippen molar-refractivity contribution in [3.8, 4) is 0 Å². The number of hydrogen-bond donors (Lipinski definition) is 2. The highest BCUT2D eigenvalue weighted by molar-refractivity contribution is 5.85. The minimum absolute atomic E-state index is 0. The summed E-state index contributed by atoms with van der Waals surface area (Å²) in [6.07, 6.45) is 4.12. The van der Waals surface area contributed by atoms with Gasteiger partial charge in [0, 0.05) is 18.6 Å². The molecular weight excluding hydrogens is 210 g/mol. The normalized spacial score (nSPS) is 30.0. The fraction of sp³-hybridized carbons (Fsp3) is 1.00. The van der Waals surface area contributed by atoms with E-state index < -0.39 is 0 Å². The Morgan fingerprint density at radius 3 is 2.60 bits per heavy atom. The largest absolute Gasteiger partial charge is 0.327 e. The molecular formula is C11H24ClN3. The molecule has 3 N–H and O–H groups in total. The van der Waals surface area contributed by atoms with E-state index >= 15 is 0 Å². The van der Waals surface area contributed by atoms with Crippen LogP contribution in [-0.4, -0.2) is 43.7 Å². The van der Waals surface area contributed by atoms with Gasteiger partial charge in [-0.1, -0.05) is 0 Å². The van der Waals surface area contributed by atoms with E-state index in [2.05, 4.69) is 24.2 Å². The Morgan fingerprint density at radius 2 is 2.07 bits per heavy atom. The second-order valence-corrected chi connectivity index (χ2v) is 5.25. The summed E-state index contributed by atoms with van der Waals surface area (Å²) in [5.41, 5.74) is 6.48. The highest BCUT2D eigenvalue weighted by Crippen LogP contribution is 2.55. The Labute approximate surface area is 99.2 Å². The average Bonchev–Trinajstić information content (AvgIpc) is 2.80. The first-order valence-corrected chi connectivity index (χ1v) is 5.81. The molecule has 1 saturated carbocycles. The molecule has 4 heteroatoms. The first-order valence-electron chi connectivity index (χ1n) is 5.81. The Bertz CT molecular complexity index is 202. The van der Waals surface area contributed by atoms with E-state index in [-0.39, 0.29) is 12.4 Å². The lowest BCUT2D eigenvalue weighted by atomic mass is 9.93. The number of nitrogens with zero attached hydrogens (tertiary/aromatic N) is 1. The first-order chi connectivity index (χ1) is 6.64. The van der Waals surface area contributed by atoms with E-state index in [0.717, 1.165) is 12.6 Å². The maximum atomic E-state index is 5.82. The highest BCUT2D eigenvalue weighted by atomic mass is 35.5. The van der Waals surface area contributed by atoms with Gasteiger partial charge in [0.2, 0.25) is 0 Å². The number of nitrogens with two attached hydrogens (primary N) is 1. The van der Waals surface area contributed by atoms with Crippen LogP contribution in [-0.2, 0) is 0 Å². The van der Waals surface area contributed by atoms with E-state index in [1.54, 1.807) is 0 Å². The van der Waals surface area contributed by atoms with Crippen LogP contribution in [0.1, 0.15) is 26.2 Å². The summed E-state index contributed by atoms with van der Waals surface area (Å²) in [7, 11) is 2.23. The molecule has 0 aromatic heterocycles. The van der Waals surface area contributed by atoms with E-state index in [1.807, 2.05) is 0 Å². The van der Waals surface area contributed by atoms with Gasteiger partial charge in [0.25, 0.3) is 0 Å². The molecule has 0 aromatic rings. The molecule has 2 unspecified atom stereocenters. The molecule has 3 nitrogen and oxygen atoms in total. The topological polar surface area (TPSA) is 41.3 Å². The number of piperidine rings is 1. The van der Waals surface area contributed by atoms with Gasteiger partial charge >= 0.3 is 0 Å². The quantitative estimate of drug-likeness (QED) is 0.759. The van der Waals surface area contributed by atoms with Gasteiger partial charge in [0.15, 0.2) is 0 Å². The number of halogens is 1. The molecule has 0 radical (unpaired) electrons. The summed E-state index contributed by atoms with van der Waals surface area (Å²) in [6.45, 7) is 5.55. The van der Waals surface area contributed by atoms with Crippen LogP contribution >= 0.6 is 12.4 Å². The zero-order valence-electron chi connectivity index (χ0n) is 9.83. The molecule has 0 amide bonds. The van der Waals surface area contributed by atoms with Gasteiger partial charge in [-0.2, -0.15) is 0 Å². The van der Waals surface area contributed by atoms with Crippen molar-refractivity contribution in [1.29, 1.82) is 0 Å². The van der Waals surface area contributed by atoms with Gasteiger partial charge in [0.1, 0.15) is 0 Å². The molecule has 2 aliphatic rings. The van der Waals surface area contributed by atoms with Crippen LogP contribution in [0.5, 0.6) is 0 Å². The van der Waals surface area contributed by atoms with Crippen LogP contribution in [0, 0.1) is 5.41 Å². The van der Waals surface area contributed by atoms with Crippen LogP contribution in [0.4, 0.5) is 0 Å². The third kappa shape index (κ3) is 2.84. The van der Waals surface area contributed by atoms with Gasteiger partial charge in [-0.15, -0.1) is 12.4 Å². The summed E-state index contributed by atoms with van der Waals surface area (Å²) in [5.74, 6) is 0. The average molecular weight is 234 g/mol. The first kappa shape index (κ1) is 13.2. The third-order valence-corrected chi connectivity index (χ3v) is 3.85. The molecule has 1 heterocycles. The van der Waals surface area contributed by atoms with Crippen molar-refractivity contribution in [2.24, 2.45) is 11.1 Å². The van der Waals surface area contributed by atoms with Crippen molar-refractivity contribution >= 4 is 12.4 Å². The summed E-state index contributed by atoms with van der Waals surface area (Å²) < 4.78 is 0. The molecule has 0 bridgehead atoms. The van der Waals surface area contributed by atoms with E-state index in [4.69, 9.17) is 5.73 Å². The Kier molecular flexibility index (Phi) is 4.41. The van der Waals surface area contributed by atoms with Crippen molar-refractivity contribution in [1.82, 2.24) is 10.2 Å². The summed E-state index contributed by atoms with van der Waals surface area (Å²) in [5, 5.41) is 3.44. The van der Waals surface area contributed by atoms with Gasteiger partial charge in [0.05, 0.1) is 0 Å². The maximum Gasteiger partial charge on any atom is 0.0157 e. The Balaban J connectivity index is 0.00000112. The standard InChI is InChI=1S/C11H23N3.ClH/c1-9(12)8-14(2)10-7-11(10)3-5-13-6-4-11;/h9-10,13H,3-8,12H2,1-2H3;1H. The molecule has 1 aliphatic carbocycles. The zero-order chi connectivity index (χ0) is 10.2. The smallest absolute Gasteiger partial charge is 0.0157 e. The highest BCUT2D eigenvalue weighted by Gasteiger charge is 2.55. The van der Waals surface area contributed by atoms with Crippen molar-refractivity contribution in [2.75, 3.05) is 26.7 Å². The zero-order valence-corrected chi connectivity index (χ0v) is 10.6. The van der Waals surface area contributed by atoms with Crippen LogP contribution in [0.15, 0.2) is 0 Å². The van der Waals surface area contributed by atoms with Crippen LogP contribution in [0.25, 0.3) is 0 Å². The minimum Gasteiger partial charge on any atom is -0.327 e. The lowest BCUT2D eigenvalue weighted by Crippen LogP contribution is -2.39. The van der Waals surface area contributed by atoms with Crippen LogP contribution in [0.2, 0.25) is 0 Å². The van der Waals surface area contributed by atoms with Crippen LogP contribution < -0.4 is 11.1 Å². The number of rotatable bonds is 3. The van der Waals surface area contributed by atoms with Crippen molar-refractivity contribution in [3.05, 3.63) is 0 Å². The molecule has 90 valence electrons. The lowest BCUT2D eigenvalue weighted by molar-refractivity contribution is 0.229. The Morgan fingerprint density at radius 1 is 1.47 bits per heavy atom. The molecule has 2 fully saturated rings. The third-order valence-electron chi connectivity index (χ3n) is 3.85. The predicted octanol–water partition coefficient (Wildman–Crippen LogP) is 0.829. The fourth-order valence-corrected chi connectivity index (χ4v) is 2.99. The van der Waals surface area contributed by atoms with Crippen molar-refractivity contribution in [2.45, 2.75) is 38.3 Å². The SMILES string of the molecule is CC(N)CN(C)C1CC12CCNCC2.Cl. The summed E-state index contributed by atoms with van der Waals surface area (Å²) in [6, 6.07) is 1.12. The number of hydrogen-bond acceptors (Lipinski definition) is 3. The van der Waals surface area contributed by atoms with E-state index in [0.29, 0.717) is 11.5 Å². The van der Waals surface area contributed by atoms with Gasteiger partial charge in [-0.25, -0.2) is 0 Å². The van der Waals surface area contributed by atoms with Crippen LogP contribution in [0.3, 0.4) is 0 Å². The molecule has 15 heavy (non-hydrogen) atoms. The minimum atomic E-state index is 0. The van der Waals surface area contributed by atoms with Gasteiger partial charge < -0.3 is 16.0 Å². The fourth-order valence-electron chi connectivity index (χ4n) is 2.99. The maximum absolute atomic E-state index is 5.82. The molecule has 2 atom stereocenters.